The lowest BCUT2D eigenvalue weighted by molar-refractivity contribution is -0.131. The highest BCUT2D eigenvalue weighted by molar-refractivity contribution is 5.76. The molecule has 0 spiro atoms. The van der Waals surface area contributed by atoms with Crippen molar-refractivity contribution in [1.29, 1.82) is 0 Å². The van der Waals surface area contributed by atoms with Gasteiger partial charge in [0, 0.05) is 31.2 Å². The van der Waals surface area contributed by atoms with Crippen LogP contribution in [0.3, 0.4) is 0 Å². The predicted octanol–water partition coefficient (Wildman–Crippen LogP) is 1.63. The molecule has 0 aromatic carbocycles. The molecule has 8 nitrogen and oxygen atoms in total. The van der Waals surface area contributed by atoms with Gasteiger partial charge in [-0.25, -0.2) is 13.8 Å². The van der Waals surface area contributed by atoms with Crippen LogP contribution in [-0.2, 0) is 11.3 Å². The van der Waals surface area contributed by atoms with Crippen LogP contribution in [0.15, 0.2) is 24.7 Å². The maximum Gasteiger partial charge on any atom is 0.282 e. The predicted molar refractivity (Wildman–Crippen MR) is 100 cm³/mol. The fourth-order valence-electron chi connectivity index (χ4n) is 4.38. The van der Waals surface area contributed by atoms with E-state index in [1.54, 1.807) is 30.4 Å². The molecule has 2 aliphatic rings. The second kappa shape index (κ2) is 8.02. The van der Waals surface area contributed by atoms with Gasteiger partial charge in [0.15, 0.2) is 0 Å². The van der Waals surface area contributed by atoms with Gasteiger partial charge >= 0.3 is 0 Å². The minimum absolute atomic E-state index is 0.0537. The van der Waals surface area contributed by atoms with Crippen LogP contribution in [0.5, 0.6) is 0 Å². The summed E-state index contributed by atoms with van der Waals surface area (Å²) in [5.41, 5.74) is 0.223. The molecule has 156 valence electrons. The fourth-order valence-corrected chi connectivity index (χ4v) is 4.38. The number of amides is 1. The first-order chi connectivity index (χ1) is 13.9. The third kappa shape index (κ3) is 4.21. The van der Waals surface area contributed by atoms with E-state index in [1.165, 1.54) is 10.7 Å². The van der Waals surface area contributed by atoms with Crippen molar-refractivity contribution >= 4 is 11.7 Å². The average molecular weight is 406 g/mol. The van der Waals surface area contributed by atoms with Gasteiger partial charge in [0.05, 0.1) is 18.3 Å². The largest absolute Gasteiger partial charge is 0.391 e. The fraction of sp³-hybridized carbons (Fsp3) is 0.579. The van der Waals surface area contributed by atoms with Crippen molar-refractivity contribution < 1.29 is 18.7 Å². The Morgan fingerprint density at radius 1 is 1.31 bits per heavy atom. The number of alkyl halides is 2. The van der Waals surface area contributed by atoms with Crippen molar-refractivity contribution in [2.75, 3.05) is 18.4 Å². The third-order valence-corrected chi connectivity index (χ3v) is 5.90. The monoisotopic (exact) mass is 406 g/mol. The highest BCUT2D eigenvalue weighted by Crippen LogP contribution is 2.37. The Bertz CT molecular complexity index is 862. The molecule has 4 atom stereocenters. The third-order valence-electron chi connectivity index (χ3n) is 5.90. The normalized spacial score (nSPS) is 26.6. The lowest BCUT2D eigenvalue weighted by Gasteiger charge is -2.35. The molecule has 0 bridgehead atoms. The Kier molecular flexibility index (Phi) is 5.44. The molecule has 1 saturated carbocycles. The molecule has 4 rings (SSSR count). The maximum atomic E-state index is 12.8. The number of hydrogen-bond acceptors (Lipinski definition) is 6. The molecule has 1 aliphatic carbocycles. The Hall–Kier alpha value is -2.62. The van der Waals surface area contributed by atoms with Gasteiger partial charge in [-0.1, -0.05) is 0 Å². The minimum Gasteiger partial charge on any atom is -0.391 e. The van der Waals surface area contributed by atoms with Crippen LogP contribution in [-0.4, -0.2) is 60.9 Å². The second-order valence-corrected chi connectivity index (χ2v) is 7.87. The summed E-state index contributed by atoms with van der Waals surface area (Å²) in [6.45, 7) is 2.77. The van der Waals surface area contributed by atoms with Gasteiger partial charge in [-0.2, -0.15) is 5.10 Å². The van der Waals surface area contributed by atoms with Gasteiger partial charge in [0.2, 0.25) is 5.91 Å². The Morgan fingerprint density at radius 3 is 2.72 bits per heavy atom. The Balaban J connectivity index is 1.37. The van der Waals surface area contributed by atoms with Crippen LogP contribution >= 0.6 is 0 Å². The van der Waals surface area contributed by atoms with Crippen LogP contribution in [0.1, 0.15) is 30.7 Å². The summed E-state index contributed by atoms with van der Waals surface area (Å²) in [7, 11) is 0. The molecule has 1 aliphatic heterocycles. The molecule has 0 radical (unpaired) electrons. The number of likely N-dealkylation sites (tertiary alicyclic amines) is 1. The van der Waals surface area contributed by atoms with Crippen molar-refractivity contribution in [3.05, 3.63) is 36.0 Å². The van der Waals surface area contributed by atoms with Crippen molar-refractivity contribution in [2.24, 2.45) is 11.8 Å². The van der Waals surface area contributed by atoms with Gasteiger partial charge < -0.3 is 15.3 Å². The number of hydrogen-bond donors (Lipinski definition) is 2. The molecular weight excluding hydrogens is 382 g/mol. The van der Waals surface area contributed by atoms with E-state index in [-0.39, 0.29) is 36.0 Å². The van der Waals surface area contributed by atoms with Crippen LogP contribution < -0.4 is 5.32 Å². The number of anilines is 1. The number of aliphatic hydroxyl groups is 1. The summed E-state index contributed by atoms with van der Waals surface area (Å²) in [6.07, 6.45) is 2.93. The van der Waals surface area contributed by atoms with Gasteiger partial charge in [-0.3, -0.25) is 14.5 Å². The molecule has 0 unspecified atom stereocenters. The first-order valence-corrected chi connectivity index (χ1v) is 9.71. The van der Waals surface area contributed by atoms with E-state index in [4.69, 9.17) is 0 Å². The number of rotatable bonds is 5. The minimum atomic E-state index is -2.65. The van der Waals surface area contributed by atoms with E-state index in [1.807, 2.05) is 0 Å². The molecule has 29 heavy (non-hydrogen) atoms. The average Bonchev–Trinajstić information content (AvgIpc) is 3.26. The summed E-state index contributed by atoms with van der Waals surface area (Å²) in [6, 6.07) is 1.16. The van der Waals surface area contributed by atoms with E-state index in [0.29, 0.717) is 31.0 Å². The van der Waals surface area contributed by atoms with Crippen molar-refractivity contribution in [2.45, 2.75) is 44.9 Å². The molecule has 2 N–H and O–H groups in total. The highest BCUT2D eigenvalue weighted by atomic mass is 19.3. The first-order valence-electron chi connectivity index (χ1n) is 9.71. The van der Waals surface area contributed by atoms with E-state index >= 15 is 0 Å². The number of aromatic nitrogens is 4. The Labute approximate surface area is 166 Å². The van der Waals surface area contributed by atoms with Crippen molar-refractivity contribution in [3.63, 3.8) is 0 Å². The number of aryl methyl sites for hydroxylation is 1. The molecule has 2 fully saturated rings. The number of fused-ring (bicyclic) bond motifs is 1. The molecule has 2 aromatic heterocycles. The van der Waals surface area contributed by atoms with Gasteiger partial charge in [-0.15, -0.1) is 0 Å². The lowest BCUT2D eigenvalue weighted by atomic mass is 9.77. The number of nitrogens with one attached hydrogen (secondary N) is 1. The van der Waals surface area contributed by atoms with E-state index in [2.05, 4.69) is 20.4 Å². The van der Waals surface area contributed by atoms with Gasteiger partial charge in [-0.05, 0) is 37.7 Å². The standard InChI is InChI=1S/C19H24F2N6O2/c1-11-4-15(19(20)21)25-27(11)10-18(29)26-8-12-5-14(16(28)6-13(12)9-26)24-17-7-22-2-3-23-17/h2-4,7,12-14,16,19,28H,5-6,8-10H2,1H3,(H,23,24)/t12-,13+,14-,16-/m1/s1. The van der Waals surface area contributed by atoms with Crippen molar-refractivity contribution in [3.8, 4) is 0 Å². The number of halogens is 2. The number of nitrogens with zero attached hydrogens (tertiary/aromatic N) is 5. The quantitative estimate of drug-likeness (QED) is 0.784. The number of aliphatic hydroxyl groups excluding tert-OH is 1. The van der Waals surface area contributed by atoms with Gasteiger partial charge in [0.1, 0.15) is 18.1 Å². The summed E-state index contributed by atoms with van der Waals surface area (Å²) in [5.74, 6) is 0.973. The summed E-state index contributed by atoms with van der Waals surface area (Å²) >= 11 is 0. The molecule has 1 amide bonds. The van der Waals surface area contributed by atoms with Crippen LogP contribution in [0.4, 0.5) is 14.6 Å². The van der Waals surface area contributed by atoms with Crippen LogP contribution in [0, 0.1) is 18.8 Å². The first kappa shape index (κ1) is 19.7. The van der Waals surface area contributed by atoms with Crippen LogP contribution in [0.2, 0.25) is 0 Å². The molecule has 2 aromatic rings. The zero-order valence-corrected chi connectivity index (χ0v) is 16.1. The van der Waals surface area contributed by atoms with Crippen molar-refractivity contribution in [1.82, 2.24) is 24.6 Å². The maximum absolute atomic E-state index is 12.8. The SMILES string of the molecule is Cc1cc(C(F)F)nn1CC(=O)N1C[C@H]2C[C@@H](Nc3cnccn3)[C@H](O)C[C@H]2C1. The summed E-state index contributed by atoms with van der Waals surface area (Å²) < 4.78 is 27.0. The Morgan fingerprint density at radius 2 is 2.07 bits per heavy atom. The number of carbonyl (C=O) groups excluding carboxylic acids is 1. The molecular formula is C19H24F2N6O2. The summed E-state index contributed by atoms with van der Waals surface area (Å²) in [4.78, 5) is 22.7. The van der Waals surface area contributed by atoms with Crippen LogP contribution in [0.25, 0.3) is 0 Å². The summed E-state index contributed by atoms with van der Waals surface area (Å²) in [5, 5.41) is 17.6. The zero-order valence-electron chi connectivity index (χ0n) is 16.1. The molecule has 10 heteroatoms. The van der Waals surface area contributed by atoms with E-state index < -0.39 is 12.5 Å². The van der Waals surface area contributed by atoms with E-state index in [0.717, 1.165) is 6.42 Å². The second-order valence-electron chi connectivity index (χ2n) is 7.87. The smallest absolute Gasteiger partial charge is 0.282 e. The lowest BCUT2D eigenvalue weighted by Crippen LogP contribution is -2.43. The number of carbonyl (C=O) groups is 1. The molecule has 1 saturated heterocycles. The topological polar surface area (TPSA) is 96.2 Å². The zero-order chi connectivity index (χ0) is 20.5. The highest BCUT2D eigenvalue weighted by Gasteiger charge is 2.43. The van der Waals surface area contributed by atoms with Gasteiger partial charge in [0.25, 0.3) is 6.43 Å². The molecule has 3 heterocycles. The van der Waals surface area contributed by atoms with E-state index in [9.17, 15) is 18.7 Å².